The molecule has 0 heterocycles. The van der Waals surface area contributed by atoms with Crippen LogP contribution in [0.2, 0.25) is 0 Å². The van der Waals surface area contributed by atoms with Crippen LogP contribution in [0.5, 0.6) is 11.5 Å². The topological polar surface area (TPSA) is 117 Å². The molecule has 0 spiro atoms. The number of primary amides is 1. The van der Waals surface area contributed by atoms with Gasteiger partial charge in [0.15, 0.2) is 0 Å². The minimum Gasteiger partial charge on any atom is -0.457 e. The standard InChI is InChI=1S/C17H16N4O3/c1-11(16(22)21-17(19)23)20-13-4-8-15(9-5-13)24-14-6-2-12(10-18)3-7-14/h2-9,11,20H,1H3,(H3,19,21,22,23). The van der Waals surface area contributed by atoms with Crippen LogP contribution < -0.4 is 21.1 Å². The molecule has 0 radical (unpaired) electrons. The summed E-state index contributed by atoms with van der Waals surface area (Å²) in [4.78, 5) is 22.2. The number of carbonyl (C=O) groups excluding carboxylic acids is 2. The minimum atomic E-state index is -0.889. The Morgan fingerprint density at radius 2 is 1.62 bits per heavy atom. The smallest absolute Gasteiger partial charge is 0.318 e. The molecule has 2 aromatic carbocycles. The van der Waals surface area contributed by atoms with Gasteiger partial charge in [-0.3, -0.25) is 10.1 Å². The molecule has 4 N–H and O–H groups in total. The predicted molar refractivity (Wildman–Crippen MR) is 88.5 cm³/mol. The third kappa shape index (κ3) is 4.74. The second kappa shape index (κ2) is 7.65. The highest BCUT2D eigenvalue weighted by atomic mass is 16.5. The highest BCUT2D eigenvalue weighted by Gasteiger charge is 2.13. The largest absolute Gasteiger partial charge is 0.457 e. The molecule has 0 fully saturated rings. The Hall–Kier alpha value is -3.53. The number of hydrogen-bond acceptors (Lipinski definition) is 5. The Kier molecular flexibility index (Phi) is 5.36. The fourth-order valence-electron chi connectivity index (χ4n) is 1.90. The molecule has 0 aliphatic rings. The van der Waals surface area contributed by atoms with Gasteiger partial charge in [-0.25, -0.2) is 4.79 Å². The van der Waals surface area contributed by atoms with Crippen molar-refractivity contribution in [3.63, 3.8) is 0 Å². The Labute approximate surface area is 139 Å². The summed E-state index contributed by atoms with van der Waals surface area (Å²) < 4.78 is 5.66. The van der Waals surface area contributed by atoms with Gasteiger partial charge in [-0.1, -0.05) is 0 Å². The van der Waals surface area contributed by atoms with Crippen LogP contribution in [0.4, 0.5) is 10.5 Å². The van der Waals surface area contributed by atoms with Crippen LogP contribution in [-0.2, 0) is 4.79 Å². The highest BCUT2D eigenvalue weighted by Crippen LogP contribution is 2.23. The molecule has 0 aromatic heterocycles. The second-order valence-electron chi connectivity index (χ2n) is 4.98. The van der Waals surface area contributed by atoms with Gasteiger partial charge in [0.05, 0.1) is 11.6 Å². The van der Waals surface area contributed by atoms with Gasteiger partial charge in [0.2, 0.25) is 5.91 Å². The number of benzene rings is 2. The van der Waals surface area contributed by atoms with Crippen LogP contribution in [0, 0.1) is 11.3 Å². The lowest BCUT2D eigenvalue weighted by Crippen LogP contribution is -2.43. The van der Waals surface area contributed by atoms with E-state index in [1.54, 1.807) is 55.5 Å². The summed E-state index contributed by atoms with van der Waals surface area (Å²) in [5, 5.41) is 13.7. The van der Waals surface area contributed by atoms with E-state index in [2.05, 4.69) is 5.32 Å². The van der Waals surface area contributed by atoms with Crippen LogP contribution in [0.1, 0.15) is 12.5 Å². The van der Waals surface area contributed by atoms with Crippen molar-refractivity contribution in [3.8, 4) is 17.6 Å². The number of urea groups is 1. The van der Waals surface area contributed by atoms with Crippen molar-refractivity contribution < 1.29 is 14.3 Å². The van der Waals surface area contributed by atoms with E-state index in [1.165, 1.54) is 0 Å². The second-order valence-corrected chi connectivity index (χ2v) is 4.98. The van der Waals surface area contributed by atoms with E-state index in [4.69, 9.17) is 15.7 Å². The SMILES string of the molecule is CC(Nc1ccc(Oc2ccc(C#N)cc2)cc1)C(=O)NC(N)=O. The molecule has 2 aromatic rings. The van der Waals surface area contributed by atoms with Gasteiger partial charge in [-0.15, -0.1) is 0 Å². The number of anilines is 1. The Balaban J connectivity index is 1.96. The van der Waals surface area contributed by atoms with Gasteiger partial charge in [0.25, 0.3) is 0 Å². The first-order valence-corrected chi connectivity index (χ1v) is 7.13. The van der Waals surface area contributed by atoms with E-state index >= 15 is 0 Å². The number of carbonyl (C=O) groups is 2. The Bertz CT molecular complexity index is 764. The Morgan fingerprint density at radius 3 is 2.12 bits per heavy atom. The van der Waals surface area contributed by atoms with Crippen molar-refractivity contribution in [3.05, 3.63) is 54.1 Å². The fourth-order valence-corrected chi connectivity index (χ4v) is 1.90. The average Bonchev–Trinajstić information content (AvgIpc) is 2.56. The number of nitrogens with zero attached hydrogens (tertiary/aromatic N) is 1. The summed E-state index contributed by atoms with van der Waals surface area (Å²) in [6, 6.07) is 14.2. The third-order valence-electron chi connectivity index (χ3n) is 3.10. The fraction of sp³-hybridized carbons (Fsp3) is 0.118. The van der Waals surface area contributed by atoms with Crippen molar-refractivity contribution >= 4 is 17.6 Å². The van der Waals surface area contributed by atoms with E-state index in [-0.39, 0.29) is 0 Å². The van der Waals surface area contributed by atoms with Crippen molar-refractivity contribution in [2.45, 2.75) is 13.0 Å². The number of rotatable bonds is 5. The maximum atomic E-state index is 11.6. The summed E-state index contributed by atoms with van der Waals surface area (Å²) >= 11 is 0. The molecular formula is C17H16N4O3. The highest BCUT2D eigenvalue weighted by molar-refractivity contribution is 5.97. The van der Waals surface area contributed by atoms with Gasteiger partial charge < -0.3 is 15.8 Å². The molecule has 3 amide bonds. The van der Waals surface area contributed by atoms with Crippen LogP contribution in [0.15, 0.2) is 48.5 Å². The molecule has 0 saturated carbocycles. The number of nitriles is 1. The van der Waals surface area contributed by atoms with Gasteiger partial charge in [0, 0.05) is 5.69 Å². The maximum absolute atomic E-state index is 11.6. The molecule has 0 bridgehead atoms. The lowest BCUT2D eigenvalue weighted by atomic mass is 10.2. The van der Waals surface area contributed by atoms with E-state index in [0.29, 0.717) is 22.7 Å². The summed E-state index contributed by atoms with van der Waals surface area (Å²) in [7, 11) is 0. The molecular weight excluding hydrogens is 308 g/mol. The molecule has 24 heavy (non-hydrogen) atoms. The normalized spacial score (nSPS) is 11.0. The maximum Gasteiger partial charge on any atom is 0.318 e. The molecule has 122 valence electrons. The first-order chi connectivity index (χ1) is 11.5. The quantitative estimate of drug-likeness (QED) is 0.780. The molecule has 7 heteroatoms. The van der Waals surface area contributed by atoms with Crippen LogP contribution in [0.3, 0.4) is 0 Å². The lowest BCUT2D eigenvalue weighted by molar-refractivity contribution is -0.120. The summed E-state index contributed by atoms with van der Waals surface area (Å²) in [5.41, 5.74) is 6.15. The summed E-state index contributed by atoms with van der Waals surface area (Å²) in [6.45, 7) is 1.61. The van der Waals surface area contributed by atoms with Gasteiger partial charge in [-0.2, -0.15) is 5.26 Å². The van der Waals surface area contributed by atoms with E-state index in [0.717, 1.165) is 0 Å². The predicted octanol–water partition coefficient (Wildman–Crippen LogP) is 2.35. The number of amides is 3. The molecule has 0 aliphatic heterocycles. The van der Waals surface area contributed by atoms with Crippen LogP contribution in [0.25, 0.3) is 0 Å². The van der Waals surface area contributed by atoms with Gasteiger partial charge in [-0.05, 0) is 55.5 Å². The molecule has 7 nitrogen and oxygen atoms in total. The molecule has 2 rings (SSSR count). The number of nitrogens with two attached hydrogens (primary N) is 1. The monoisotopic (exact) mass is 324 g/mol. The Morgan fingerprint density at radius 1 is 1.08 bits per heavy atom. The number of nitrogens with one attached hydrogen (secondary N) is 2. The number of ether oxygens (including phenoxy) is 1. The summed E-state index contributed by atoms with van der Waals surface area (Å²) in [5.74, 6) is 0.712. The molecule has 0 saturated heterocycles. The lowest BCUT2D eigenvalue weighted by Gasteiger charge is -2.14. The van der Waals surface area contributed by atoms with Crippen molar-refractivity contribution in [1.29, 1.82) is 5.26 Å². The van der Waals surface area contributed by atoms with Crippen molar-refractivity contribution in [2.24, 2.45) is 5.73 Å². The zero-order valence-corrected chi connectivity index (χ0v) is 12.9. The molecule has 1 unspecified atom stereocenters. The van der Waals surface area contributed by atoms with Crippen molar-refractivity contribution in [2.75, 3.05) is 5.32 Å². The minimum absolute atomic E-state index is 0.514. The van der Waals surface area contributed by atoms with E-state index in [9.17, 15) is 9.59 Å². The molecule has 1 atom stereocenters. The molecule has 0 aliphatic carbocycles. The van der Waals surface area contributed by atoms with Crippen LogP contribution in [-0.4, -0.2) is 18.0 Å². The zero-order chi connectivity index (χ0) is 17.5. The number of hydrogen-bond donors (Lipinski definition) is 3. The number of imide groups is 1. The average molecular weight is 324 g/mol. The zero-order valence-electron chi connectivity index (χ0n) is 12.9. The van der Waals surface area contributed by atoms with Crippen molar-refractivity contribution in [1.82, 2.24) is 5.32 Å². The van der Waals surface area contributed by atoms with Gasteiger partial charge >= 0.3 is 6.03 Å². The first kappa shape index (κ1) is 16.8. The van der Waals surface area contributed by atoms with E-state index in [1.807, 2.05) is 11.4 Å². The van der Waals surface area contributed by atoms with E-state index < -0.39 is 18.0 Å². The summed E-state index contributed by atoms with van der Waals surface area (Å²) in [6.07, 6.45) is 0. The third-order valence-corrected chi connectivity index (χ3v) is 3.10. The van der Waals surface area contributed by atoms with Gasteiger partial charge in [0.1, 0.15) is 17.5 Å². The first-order valence-electron chi connectivity index (χ1n) is 7.13. The van der Waals surface area contributed by atoms with Crippen LogP contribution >= 0.6 is 0 Å².